The number of hydrogen-bond acceptors (Lipinski definition) is 6. The fourth-order valence-corrected chi connectivity index (χ4v) is 2.31. The average molecular weight is 276 g/mol. The highest BCUT2D eigenvalue weighted by Gasteiger charge is 2.09. The molecule has 6 nitrogen and oxygen atoms in total. The van der Waals surface area contributed by atoms with Gasteiger partial charge in [0, 0.05) is 20.6 Å². The quantitative estimate of drug-likeness (QED) is 0.546. The van der Waals surface area contributed by atoms with Crippen LogP contribution in [-0.2, 0) is 0 Å². The van der Waals surface area contributed by atoms with Gasteiger partial charge < -0.3 is 16.5 Å². The second kappa shape index (κ2) is 7.09. The summed E-state index contributed by atoms with van der Waals surface area (Å²) in [6.45, 7) is 0.856. The number of aromatic nitrogens is 2. The van der Waals surface area contributed by atoms with Gasteiger partial charge in [0.1, 0.15) is 12.0 Å². The SMILES string of the molecule is CN(C)Nc1ncnc(NCCC2=CCCCC2)c1N. The molecule has 20 heavy (non-hydrogen) atoms. The minimum Gasteiger partial charge on any atom is -0.393 e. The van der Waals surface area contributed by atoms with Crippen molar-refractivity contribution in [3.8, 4) is 0 Å². The van der Waals surface area contributed by atoms with Gasteiger partial charge in [0.15, 0.2) is 11.6 Å². The number of rotatable bonds is 6. The molecule has 6 heteroatoms. The first-order valence-corrected chi connectivity index (χ1v) is 7.13. The normalized spacial score (nSPS) is 15.1. The van der Waals surface area contributed by atoms with Crippen LogP contribution in [0.15, 0.2) is 18.0 Å². The summed E-state index contributed by atoms with van der Waals surface area (Å²) in [5, 5.41) is 5.10. The van der Waals surface area contributed by atoms with E-state index in [1.54, 1.807) is 10.6 Å². The Labute approximate surface area is 120 Å². The molecule has 0 radical (unpaired) electrons. The number of allylic oxidation sites excluding steroid dienone is 1. The molecular formula is C14H24N6. The minimum absolute atomic E-state index is 0.554. The number of nitrogens with zero attached hydrogens (tertiary/aromatic N) is 3. The van der Waals surface area contributed by atoms with Crippen LogP contribution in [0.2, 0.25) is 0 Å². The molecule has 0 spiro atoms. The molecule has 0 amide bonds. The molecular weight excluding hydrogens is 252 g/mol. The predicted octanol–water partition coefficient (Wildman–Crippen LogP) is 2.25. The maximum atomic E-state index is 6.06. The van der Waals surface area contributed by atoms with Crippen LogP contribution in [-0.4, -0.2) is 35.6 Å². The Morgan fingerprint density at radius 2 is 2.05 bits per heavy atom. The fraction of sp³-hybridized carbons (Fsp3) is 0.571. The predicted molar refractivity (Wildman–Crippen MR) is 83.4 cm³/mol. The average Bonchev–Trinajstić information content (AvgIpc) is 2.43. The summed E-state index contributed by atoms with van der Waals surface area (Å²) in [7, 11) is 3.79. The van der Waals surface area contributed by atoms with Gasteiger partial charge in [-0.05, 0) is 32.1 Å². The molecule has 1 aromatic rings. The standard InChI is InChI=1S/C14H24N6/c1-20(2)19-14-12(15)13(17-10-18-14)16-9-8-11-6-4-3-5-7-11/h6,10H,3-5,7-9,15H2,1-2H3,(H2,16,17,18,19). The van der Waals surface area contributed by atoms with Crippen LogP contribution in [0.3, 0.4) is 0 Å². The second-order valence-corrected chi connectivity index (χ2v) is 5.28. The van der Waals surface area contributed by atoms with Crippen molar-refractivity contribution >= 4 is 17.3 Å². The van der Waals surface area contributed by atoms with Crippen LogP contribution in [0.25, 0.3) is 0 Å². The Hall–Kier alpha value is -1.82. The molecule has 0 aliphatic heterocycles. The molecule has 0 aromatic carbocycles. The number of nitrogens with one attached hydrogen (secondary N) is 2. The molecule has 1 aromatic heterocycles. The van der Waals surface area contributed by atoms with Crippen molar-refractivity contribution in [1.29, 1.82) is 0 Å². The lowest BCUT2D eigenvalue weighted by Crippen LogP contribution is -2.22. The minimum atomic E-state index is 0.554. The molecule has 2 rings (SSSR count). The van der Waals surface area contributed by atoms with Crippen LogP contribution >= 0.6 is 0 Å². The van der Waals surface area contributed by atoms with E-state index in [0.717, 1.165) is 13.0 Å². The van der Waals surface area contributed by atoms with E-state index >= 15 is 0 Å². The number of anilines is 3. The van der Waals surface area contributed by atoms with E-state index in [1.807, 2.05) is 14.1 Å². The molecule has 0 fully saturated rings. The van der Waals surface area contributed by atoms with Gasteiger partial charge in [-0.1, -0.05) is 11.6 Å². The number of nitrogens with two attached hydrogens (primary N) is 1. The van der Waals surface area contributed by atoms with Crippen molar-refractivity contribution in [3.63, 3.8) is 0 Å². The lowest BCUT2D eigenvalue weighted by Gasteiger charge is -2.17. The highest BCUT2D eigenvalue weighted by molar-refractivity contribution is 5.73. The molecule has 1 aliphatic rings. The zero-order chi connectivity index (χ0) is 14.4. The van der Waals surface area contributed by atoms with Gasteiger partial charge in [0.05, 0.1) is 0 Å². The topological polar surface area (TPSA) is 79.1 Å². The van der Waals surface area contributed by atoms with Crippen LogP contribution in [0.4, 0.5) is 17.3 Å². The van der Waals surface area contributed by atoms with Gasteiger partial charge in [-0.25, -0.2) is 15.0 Å². The maximum absolute atomic E-state index is 6.06. The summed E-state index contributed by atoms with van der Waals surface area (Å²) < 4.78 is 0. The van der Waals surface area contributed by atoms with E-state index in [-0.39, 0.29) is 0 Å². The van der Waals surface area contributed by atoms with Crippen molar-refractivity contribution in [2.24, 2.45) is 0 Å². The summed E-state index contributed by atoms with van der Waals surface area (Å²) in [6, 6.07) is 0. The number of nitrogen functional groups attached to an aromatic ring is 1. The van der Waals surface area contributed by atoms with E-state index in [1.165, 1.54) is 32.0 Å². The lowest BCUT2D eigenvalue weighted by molar-refractivity contribution is 0.492. The Kier molecular flexibility index (Phi) is 5.17. The van der Waals surface area contributed by atoms with E-state index in [4.69, 9.17) is 5.73 Å². The first-order chi connectivity index (χ1) is 9.66. The second-order valence-electron chi connectivity index (χ2n) is 5.28. The van der Waals surface area contributed by atoms with Crippen LogP contribution in [0, 0.1) is 0 Å². The van der Waals surface area contributed by atoms with Crippen molar-refractivity contribution in [2.75, 3.05) is 37.1 Å². The summed E-state index contributed by atoms with van der Waals surface area (Å²) in [6.07, 6.45) is 10.0. The molecule has 1 heterocycles. The van der Waals surface area contributed by atoms with Gasteiger partial charge in [-0.15, -0.1) is 0 Å². The van der Waals surface area contributed by atoms with Crippen LogP contribution in [0.5, 0.6) is 0 Å². The Bertz CT molecular complexity index is 469. The third-order valence-electron chi connectivity index (χ3n) is 3.34. The Balaban J connectivity index is 1.90. The number of hydrogen-bond donors (Lipinski definition) is 3. The molecule has 0 atom stereocenters. The summed E-state index contributed by atoms with van der Waals surface area (Å²) >= 11 is 0. The summed E-state index contributed by atoms with van der Waals surface area (Å²) in [5.74, 6) is 1.32. The molecule has 4 N–H and O–H groups in total. The van der Waals surface area contributed by atoms with E-state index in [0.29, 0.717) is 17.3 Å². The molecule has 0 bridgehead atoms. The summed E-state index contributed by atoms with van der Waals surface area (Å²) in [4.78, 5) is 8.34. The van der Waals surface area contributed by atoms with Gasteiger partial charge in [0.25, 0.3) is 0 Å². The smallest absolute Gasteiger partial charge is 0.169 e. The Morgan fingerprint density at radius 1 is 1.25 bits per heavy atom. The highest BCUT2D eigenvalue weighted by Crippen LogP contribution is 2.23. The fourth-order valence-electron chi connectivity index (χ4n) is 2.31. The van der Waals surface area contributed by atoms with Gasteiger partial charge in [0.2, 0.25) is 0 Å². The third kappa shape index (κ3) is 4.09. The van der Waals surface area contributed by atoms with Crippen molar-refractivity contribution < 1.29 is 0 Å². The van der Waals surface area contributed by atoms with Crippen molar-refractivity contribution in [1.82, 2.24) is 15.0 Å². The molecule has 0 unspecified atom stereocenters. The van der Waals surface area contributed by atoms with E-state index in [2.05, 4.69) is 26.8 Å². The van der Waals surface area contributed by atoms with Gasteiger partial charge >= 0.3 is 0 Å². The third-order valence-corrected chi connectivity index (χ3v) is 3.34. The molecule has 0 saturated carbocycles. The molecule has 1 aliphatic carbocycles. The van der Waals surface area contributed by atoms with Crippen LogP contribution in [0.1, 0.15) is 32.1 Å². The largest absolute Gasteiger partial charge is 0.393 e. The van der Waals surface area contributed by atoms with Crippen molar-refractivity contribution in [2.45, 2.75) is 32.1 Å². The van der Waals surface area contributed by atoms with E-state index < -0.39 is 0 Å². The van der Waals surface area contributed by atoms with Crippen molar-refractivity contribution in [3.05, 3.63) is 18.0 Å². The number of hydrazine groups is 1. The lowest BCUT2D eigenvalue weighted by atomic mass is 9.97. The Morgan fingerprint density at radius 3 is 2.75 bits per heavy atom. The highest BCUT2D eigenvalue weighted by atomic mass is 15.5. The van der Waals surface area contributed by atoms with E-state index in [9.17, 15) is 0 Å². The van der Waals surface area contributed by atoms with Gasteiger partial charge in [-0.3, -0.25) is 0 Å². The summed E-state index contributed by atoms with van der Waals surface area (Å²) in [5.41, 5.74) is 11.2. The van der Waals surface area contributed by atoms with Gasteiger partial charge in [-0.2, -0.15) is 0 Å². The first-order valence-electron chi connectivity index (χ1n) is 7.13. The molecule has 110 valence electrons. The maximum Gasteiger partial charge on any atom is 0.169 e. The first kappa shape index (κ1) is 14.6. The zero-order valence-electron chi connectivity index (χ0n) is 12.3. The zero-order valence-corrected chi connectivity index (χ0v) is 12.3. The van der Waals surface area contributed by atoms with Crippen LogP contribution < -0.4 is 16.5 Å². The monoisotopic (exact) mass is 276 g/mol. The molecule has 0 saturated heterocycles.